The molecule has 7 nitrogen and oxygen atoms in total. The van der Waals surface area contributed by atoms with E-state index in [1.54, 1.807) is 30.3 Å². The highest BCUT2D eigenvalue weighted by Crippen LogP contribution is 2.31. The number of pyridine rings is 1. The molecule has 144 valence electrons. The van der Waals surface area contributed by atoms with Crippen molar-refractivity contribution in [1.82, 2.24) is 20.0 Å². The van der Waals surface area contributed by atoms with Crippen molar-refractivity contribution in [2.45, 2.75) is 18.8 Å². The molecule has 0 spiro atoms. The molecule has 0 aliphatic carbocycles. The van der Waals surface area contributed by atoms with E-state index in [1.165, 1.54) is 0 Å². The molecular formula is C20H19ClN4O3. The largest absolute Gasteiger partial charge is 0.496 e. The quantitative estimate of drug-likeness (QED) is 0.621. The standard InChI is InChI=1S/C20H19ClN4O3/c1-27-16-9-3-2-7-14(16)19-23-18(24-28-19)13-6-5-11-25(12-13)20(26)15-8-4-10-22-17(15)21/h2-4,7-10,13H,5-6,11-12H2,1H3/t13-/m0/s1. The molecule has 1 amide bonds. The van der Waals surface area contributed by atoms with Gasteiger partial charge in [-0.25, -0.2) is 4.98 Å². The Morgan fingerprint density at radius 2 is 2.14 bits per heavy atom. The molecule has 0 N–H and O–H groups in total. The fourth-order valence-corrected chi connectivity index (χ4v) is 3.62. The van der Waals surface area contributed by atoms with Crippen LogP contribution in [-0.2, 0) is 0 Å². The molecular weight excluding hydrogens is 380 g/mol. The Balaban J connectivity index is 1.54. The molecule has 4 rings (SSSR count). The zero-order valence-corrected chi connectivity index (χ0v) is 16.1. The summed E-state index contributed by atoms with van der Waals surface area (Å²) in [5, 5.41) is 4.37. The minimum Gasteiger partial charge on any atom is -0.496 e. The number of ether oxygens (including phenoxy) is 1. The van der Waals surface area contributed by atoms with Crippen LogP contribution in [0.4, 0.5) is 0 Å². The van der Waals surface area contributed by atoms with Crippen LogP contribution < -0.4 is 4.74 Å². The molecule has 2 aromatic heterocycles. The van der Waals surface area contributed by atoms with Gasteiger partial charge in [-0.05, 0) is 37.1 Å². The molecule has 28 heavy (non-hydrogen) atoms. The normalized spacial score (nSPS) is 16.8. The number of hydrogen-bond acceptors (Lipinski definition) is 6. The lowest BCUT2D eigenvalue weighted by Crippen LogP contribution is -2.39. The van der Waals surface area contributed by atoms with E-state index in [1.807, 2.05) is 24.3 Å². The molecule has 1 aromatic carbocycles. The Morgan fingerprint density at radius 3 is 2.96 bits per heavy atom. The molecule has 1 aliphatic heterocycles. The zero-order chi connectivity index (χ0) is 19.5. The van der Waals surface area contributed by atoms with Crippen molar-refractivity contribution in [3.05, 3.63) is 59.1 Å². The van der Waals surface area contributed by atoms with Gasteiger partial charge in [0.1, 0.15) is 10.9 Å². The van der Waals surface area contributed by atoms with Gasteiger partial charge in [-0.15, -0.1) is 0 Å². The summed E-state index contributed by atoms with van der Waals surface area (Å²) in [5.74, 6) is 1.54. The van der Waals surface area contributed by atoms with E-state index < -0.39 is 0 Å². The molecule has 0 unspecified atom stereocenters. The number of likely N-dealkylation sites (tertiary alicyclic amines) is 1. The van der Waals surface area contributed by atoms with E-state index >= 15 is 0 Å². The lowest BCUT2D eigenvalue weighted by molar-refractivity contribution is 0.0703. The first-order chi connectivity index (χ1) is 13.7. The third-order valence-electron chi connectivity index (χ3n) is 4.84. The molecule has 0 radical (unpaired) electrons. The van der Waals surface area contributed by atoms with E-state index in [0.29, 0.717) is 36.1 Å². The average molecular weight is 399 g/mol. The first kappa shape index (κ1) is 18.4. The number of aromatic nitrogens is 3. The Bertz CT molecular complexity index is 991. The van der Waals surface area contributed by atoms with Crippen molar-refractivity contribution in [2.75, 3.05) is 20.2 Å². The van der Waals surface area contributed by atoms with Crippen LogP contribution in [0.25, 0.3) is 11.5 Å². The van der Waals surface area contributed by atoms with Crippen LogP contribution >= 0.6 is 11.6 Å². The highest BCUT2D eigenvalue weighted by atomic mass is 35.5. The lowest BCUT2D eigenvalue weighted by atomic mass is 9.97. The van der Waals surface area contributed by atoms with Crippen LogP contribution in [0.1, 0.15) is 34.9 Å². The summed E-state index contributed by atoms with van der Waals surface area (Å²) in [7, 11) is 1.60. The zero-order valence-electron chi connectivity index (χ0n) is 15.3. The van der Waals surface area contributed by atoms with E-state index in [-0.39, 0.29) is 17.0 Å². The van der Waals surface area contributed by atoms with Gasteiger partial charge in [0, 0.05) is 25.2 Å². The number of piperidine rings is 1. The summed E-state index contributed by atoms with van der Waals surface area (Å²) in [6.07, 6.45) is 3.30. The van der Waals surface area contributed by atoms with Crippen LogP contribution in [0.15, 0.2) is 47.1 Å². The highest BCUT2D eigenvalue weighted by Gasteiger charge is 2.30. The predicted octanol–water partition coefficient (Wildman–Crippen LogP) is 3.81. The second-order valence-corrected chi connectivity index (χ2v) is 6.95. The smallest absolute Gasteiger partial charge is 0.261 e. The summed E-state index contributed by atoms with van der Waals surface area (Å²) >= 11 is 6.08. The van der Waals surface area contributed by atoms with Crippen LogP contribution in [0.3, 0.4) is 0 Å². The van der Waals surface area contributed by atoms with Crippen LogP contribution in [0.2, 0.25) is 5.15 Å². The fourth-order valence-electron chi connectivity index (χ4n) is 3.42. The number of benzene rings is 1. The molecule has 0 saturated carbocycles. The van der Waals surface area contributed by atoms with Crippen LogP contribution in [-0.4, -0.2) is 46.1 Å². The maximum absolute atomic E-state index is 12.8. The fraction of sp³-hybridized carbons (Fsp3) is 0.300. The maximum Gasteiger partial charge on any atom is 0.261 e. The Kier molecular flexibility index (Phi) is 5.25. The summed E-state index contributed by atoms with van der Waals surface area (Å²) in [6, 6.07) is 10.9. The second kappa shape index (κ2) is 7.98. The molecule has 8 heteroatoms. The SMILES string of the molecule is COc1ccccc1-c1nc([C@H]2CCCN(C(=O)c3cccnc3Cl)C2)no1. The van der Waals surface area contributed by atoms with Crippen molar-refractivity contribution in [3.8, 4) is 17.2 Å². The van der Waals surface area contributed by atoms with Gasteiger partial charge in [-0.3, -0.25) is 4.79 Å². The maximum atomic E-state index is 12.8. The van der Waals surface area contributed by atoms with Gasteiger partial charge in [0.15, 0.2) is 5.82 Å². The summed E-state index contributed by atoms with van der Waals surface area (Å²) in [5.41, 5.74) is 1.15. The van der Waals surface area contributed by atoms with Gasteiger partial charge < -0.3 is 14.2 Å². The van der Waals surface area contributed by atoms with Gasteiger partial charge >= 0.3 is 0 Å². The van der Waals surface area contributed by atoms with Gasteiger partial charge in [0.2, 0.25) is 0 Å². The molecule has 1 aliphatic rings. The van der Waals surface area contributed by atoms with E-state index in [9.17, 15) is 4.79 Å². The van der Waals surface area contributed by atoms with Crippen LogP contribution in [0, 0.1) is 0 Å². The number of rotatable bonds is 4. The molecule has 3 aromatic rings. The second-order valence-electron chi connectivity index (χ2n) is 6.59. The monoisotopic (exact) mass is 398 g/mol. The number of carbonyl (C=O) groups is 1. The van der Waals surface area contributed by atoms with Gasteiger partial charge in [-0.1, -0.05) is 28.9 Å². The topological polar surface area (TPSA) is 81.4 Å². The minimum absolute atomic E-state index is 0.000328. The van der Waals surface area contributed by atoms with Gasteiger partial charge in [-0.2, -0.15) is 4.98 Å². The number of halogens is 1. The predicted molar refractivity (Wildman–Crippen MR) is 103 cm³/mol. The number of carbonyl (C=O) groups excluding carboxylic acids is 1. The number of hydrogen-bond donors (Lipinski definition) is 0. The Morgan fingerprint density at radius 1 is 1.29 bits per heavy atom. The first-order valence-electron chi connectivity index (χ1n) is 9.04. The minimum atomic E-state index is -0.128. The number of nitrogens with zero attached hydrogens (tertiary/aromatic N) is 4. The van der Waals surface area contributed by atoms with Crippen molar-refractivity contribution in [3.63, 3.8) is 0 Å². The highest BCUT2D eigenvalue weighted by molar-refractivity contribution is 6.32. The van der Waals surface area contributed by atoms with E-state index in [4.69, 9.17) is 20.9 Å². The third-order valence-corrected chi connectivity index (χ3v) is 5.14. The molecule has 0 bridgehead atoms. The van der Waals surface area contributed by atoms with Gasteiger partial charge in [0.05, 0.1) is 18.2 Å². The summed E-state index contributed by atoms with van der Waals surface area (Å²) in [4.78, 5) is 23.2. The third kappa shape index (κ3) is 3.57. The summed E-state index contributed by atoms with van der Waals surface area (Å²) in [6.45, 7) is 1.17. The number of para-hydroxylation sites is 1. The lowest BCUT2D eigenvalue weighted by Gasteiger charge is -2.31. The van der Waals surface area contributed by atoms with Crippen molar-refractivity contribution >= 4 is 17.5 Å². The van der Waals surface area contributed by atoms with Crippen LogP contribution in [0.5, 0.6) is 5.75 Å². The first-order valence-corrected chi connectivity index (χ1v) is 9.42. The van der Waals surface area contributed by atoms with Crippen molar-refractivity contribution < 1.29 is 14.1 Å². The summed E-state index contributed by atoms with van der Waals surface area (Å²) < 4.78 is 10.8. The number of methoxy groups -OCH3 is 1. The van der Waals surface area contributed by atoms with E-state index in [0.717, 1.165) is 18.4 Å². The molecule has 1 saturated heterocycles. The molecule has 1 fully saturated rings. The Labute approximate surface area is 167 Å². The Hall–Kier alpha value is -2.93. The average Bonchev–Trinajstić information content (AvgIpc) is 3.24. The van der Waals surface area contributed by atoms with Crippen molar-refractivity contribution in [2.24, 2.45) is 0 Å². The van der Waals surface area contributed by atoms with E-state index in [2.05, 4.69) is 15.1 Å². The van der Waals surface area contributed by atoms with Crippen molar-refractivity contribution in [1.29, 1.82) is 0 Å². The molecule has 3 heterocycles. The van der Waals surface area contributed by atoms with Gasteiger partial charge in [0.25, 0.3) is 11.8 Å². The number of amides is 1. The molecule has 1 atom stereocenters.